The van der Waals surface area contributed by atoms with Gasteiger partial charge in [0.25, 0.3) is 0 Å². The van der Waals surface area contributed by atoms with Gasteiger partial charge < -0.3 is 38.5 Å². The van der Waals surface area contributed by atoms with Crippen molar-refractivity contribution in [2.45, 2.75) is 135 Å². The number of esters is 2. The Balaban J connectivity index is 1.49. The molecule has 2 aromatic heterocycles. The Morgan fingerprint density at radius 1 is 1.02 bits per heavy atom. The minimum atomic E-state index is -1.34. The van der Waals surface area contributed by atoms with Gasteiger partial charge >= 0.3 is 11.9 Å². The van der Waals surface area contributed by atoms with Gasteiger partial charge in [0, 0.05) is 43.1 Å². The lowest BCUT2D eigenvalue weighted by Gasteiger charge is -2.46. The second-order valence-electron chi connectivity index (χ2n) is 15.4. The van der Waals surface area contributed by atoms with Crippen molar-refractivity contribution in [3.63, 3.8) is 0 Å². The number of imidazole rings is 1. The predicted octanol–water partition coefficient (Wildman–Crippen LogP) is 3.82. The van der Waals surface area contributed by atoms with Crippen LogP contribution in [0.3, 0.4) is 0 Å². The van der Waals surface area contributed by atoms with E-state index in [9.17, 15) is 24.6 Å². The van der Waals surface area contributed by atoms with E-state index in [1.165, 1.54) is 25.2 Å². The maximum absolute atomic E-state index is 14.6. The van der Waals surface area contributed by atoms with Crippen molar-refractivity contribution in [3.8, 4) is 0 Å². The van der Waals surface area contributed by atoms with Crippen molar-refractivity contribution in [2.24, 2.45) is 29.6 Å². The van der Waals surface area contributed by atoms with Gasteiger partial charge in [-0.2, -0.15) is 0 Å². The molecule has 0 amide bonds. The number of thioether (sulfide) groups is 1. The number of aliphatic hydroxyl groups is 2. The molecule has 294 valence electrons. The number of cyclic esters (lactones) is 1. The molecule has 1 unspecified atom stereocenters. The van der Waals surface area contributed by atoms with Crippen LogP contribution in [-0.4, -0.2) is 114 Å². The van der Waals surface area contributed by atoms with Crippen molar-refractivity contribution in [3.05, 3.63) is 30.5 Å². The number of rotatable bonds is 8. The van der Waals surface area contributed by atoms with Crippen molar-refractivity contribution in [1.82, 2.24) is 19.5 Å². The number of carbonyl (C=O) groups excluding carboxylic acids is 3. The molecular weight excluding hydrogens is 705 g/mol. The summed E-state index contributed by atoms with van der Waals surface area (Å²) in [5, 5.41) is 21.8. The molecule has 14 nitrogen and oxygen atoms in total. The van der Waals surface area contributed by atoms with E-state index < -0.39 is 88.7 Å². The molecule has 15 heteroatoms. The first-order chi connectivity index (χ1) is 25.0. The van der Waals surface area contributed by atoms with E-state index in [4.69, 9.17) is 23.7 Å². The number of Topliss-reactive ketones (excluding diaryl/α,β-unsaturated/α-hetero) is 1. The smallest absolute Gasteiger partial charge is 0.320 e. The lowest BCUT2D eigenvalue weighted by atomic mass is 9.70. The lowest BCUT2D eigenvalue weighted by molar-refractivity contribution is -0.272. The molecule has 5 rings (SSSR count). The zero-order valence-electron chi connectivity index (χ0n) is 32.4. The van der Waals surface area contributed by atoms with Crippen LogP contribution in [0.4, 0.5) is 0 Å². The highest BCUT2D eigenvalue weighted by Crippen LogP contribution is 2.49. The fourth-order valence-electron chi connectivity index (χ4n) is 8.50. The average Bonchev–Trinajstić information content (AvgIpc) is 3.66. The number of carbonyl (C=O) groups is 3. The maximum Gasteiger partial charge on any atom is 0.320 e. The Morgan fingerprint density at radius 3 is 2.42 bits per heavy atom. The molecule has 2 aromatic rings. The summed E-state index contributed by atoms with van der Waals surface area (Å²) in [6, 6.07) is 0. The van der Waals surface area contributed by atoms with Gasteiger partial charge in [-0.1, -0.05) is 39.8 Å². The highest BCUT2D eigenvalue weighted by Gasteiger charge is 2.61. The van der Waals surface area contributed by atoms with Crippen LogP contribution >= 0.6 is 11.8 Å². The topological polar surface area (TPSA) is 181 Å². The van der Waals surface area contributed by atoms with Gasteiger partial charge in [0.05, 0.1) is 41.9 Å². The average molecular weight is 761 g/mol. The van der Waals surface area contributed by atoms with Gasteiger partial charge in [-0.15, -0.1) is 11.8 Å². The summed E-state index contributed by atoms with van der Waals surface area (Å²) in [6.45, 7) is 16.5. The second-order valence-corrected chi connectivity index (χ2v) is 16.7. The zero-order valence-corrected chi connectivity index (χ0v) is 33.2. The fraction of sp³-hybridized carbons (Fsp3) is 0.737. The number of aliphatic hydroxyl groups excluding tert-OH is 2. The van der Waals surface area contributed by atoms with Crippen molar-refractivity contribution >= 4 is 40.6 Å². The summed E-state index contributed by atoms with van der Waals surface area (Å²) in [5.74, 6) is -4.54. The molecule has 0 bridgehead atoms. The number of nitrogens with zero attached hydrogens (tertiary/aromatic N) is 4. The van der Waals surface area contributed by atoms with Gasteiger partial charge in [0.1, 0.15) is 35.1 Å². The van der Waals surface area contributed by atoms with E-state index in [1.54, 1.807) is 46.2 Å². The molecule has 14 atom stereocenters. The van der Waals surface area contributed by atoms with E-state index >= 15 is 0 Å². The number of aryl methyl sites for hydroxylation is 2. The first-order valence-corrected chi connectivity index (χ1v) is 19.6. The van der Waals surface area contributed by atoms with Crippen LogP contribution in [0.2, 0.25) is 0 Å². The Labute approximate surface area is 315 Å². The summed E-state index contributed by atoms with van der Waals surface area (Å²) in [7, 11) is 1.51. The van der Waals surface area contributed by atoms with Gasteiger partial charge in [-0.25, -0.2) is 15.0 Å². The molecule has 0 spiro atoms. The predicted molar refractivity (Wildman–Crippen MR) is 197 cm³/mol. The van der Waals surface area contributed by atoms with E-state index in [0.717, 1.165) is 5.69 Å². The number of ether oxygens (including phenoxy) is 5. The highest BCUT2D eigenvalue weighted by atomic mass is 32.2. The molecule has 0 radical (unpaired) electrons. The SMILES string of the molecule is CC[C@H]1OC(=O)[C@H](C)[C@@H](O)[C@H](C)[C@@H](O[C@@H]2O[C@H](C)C=C[C@H]2O)[C@](C)(OC)C[C@@H](C)C(=O)[C@H](C)[C@H]2C(SCCn3cnc4c(C)ncnc43)C(=O)O[C@@]21C. The molecule has 3 aliphatic rings. The molecular formula is C38H56N4O10S. The molecule has 2 fully saturated rings. The third kappa shape index (κ3) is 8.06. The second kappa shape index (κ2) is 16.4. The van der Waals surface area contributed by atoms with Crippen LogP contribution in [0.5, 0.6) is 0 Å². The summed E-state index contributed by atoms with van der Waals surface area (Å²) in [4.78, 5) is 55.4. The molecule has 0 aromatic carbocycles. The largest absolute Gasteiger partial charge is 0.458 e. The van der Waals surface area contributed by atoms with E-state index in [1.807, 2.05) is 39.2 Å². The summed E-state index contributed by atoms with van der Waals surface area (Å²) >= 11 is 1.39. The third-order valence-corrected chi connectivity index (χ3v) is 12.9. The van der Waals surface area contributed by atoms with Crippen molar-refractivity contribution in [2.75, 3.05) is 12.9 Å². The normalized spacial score (nSPS) is 40.1. The Bertz CT molecular complexity index is 1670. The van der Waals surface area contributed by atoms with Crippen molar-refractivity contribution in [1.29, 1.82) is 0 Å². The Morgan fingerprint density at radius 2 is 1.74 bits per heavy atom. The van der Waals surface area contributed by atoms with E-state index in [0.29, 0.717) is 29.9 Å². The molecule has 0 saturated carbocycles. The molecule has 3 aliphatic heterocycles. The monoisotopic (exact) mass is 760 g/mol. The standard InChI is InChI=1S/C38H56N4O10S/c1-11-26-38(9)27(31(35(47)52-38)53-15-14-42-18-41-28-24(7)39-17-40-33(28)42)21(4)29(44)19(2)16-37(8,48-10)32(22(5)30(45)23(6)34(46)50-26)51-36-25(43)13-12-20(3)49-36/h12-13,17-23,25-27,30-32,36,43,45H,11,14-16H2,1-10H3/t19-,20-,21-,22+,23-,25-,26-,27+,30+,31?,32-,36+,37-,38-/m1/s1. The van der Waals surface area contributed by atoms with E-state index in [-0.39, 0.29) is 18.3 Å². The van der Waals surface area contributed by atoms with Crippen LogP contribution < -0.4 is 0 Å². The van der Waals surface area contributed by atoms with Gasteiger partial charge in [0.15, 0.2) is 17.5 Å². The number of fused-ring (bicyclic) bond motifs is 2. The number of methoxy groups -OCH3 is 1. The van der Waals surface area contributed by atoms with Gasteiger partial charge in [0.2, 0.25) is 0 Å². The lowest BCUT2D eigenvalue weighted by Crippen LogP contribution is -2.57. The van der Waals surface area contributed by atoms with Gasteiger partial charge in [-0.05, 0) is 47.5 Å². The van der Waals surface area contributed by atoms with Crippen LogP contribution in [0.25, 0.3) is 11.2 Å². The quantitative estimate of drug-likeness (QED) is 0.293. The third-order valence-electron chi connectivity index (χ3n) is 11.7. The number of hydrogen-bond acceptors (Lipinski definition) is 14. The zero-order chi connectivity index (χ0) is 39.0. The first kappa shape index (κ1) is 41.2. The first-order valence-electron chi connectivity index (χ1n) is 18.6. The molecule has 2 saturated heterocycles. The fourth-order valence-corrected chi connectivity index (χ4v) is 9.95. The Hall–Kier alpha value is -2.95. The number of hydrogen-bond donors (Lipinski definition) is 2. The highest BCUT2D eigenvalue weighted by molar-refractivity contribution is 8.00. The summed E-state index contributed by atoms with van der Waals surface area (Å²) < 4.78 is 32.8. The van der Waals surface area contributed by atoms with Crippen LogP contribution in [0.1, 0.15) is 73.9 Å². The molecule has 5 heterocycles. The summed E-state index contributed by atoms with van der Waals surface area (Å²) in [6.07, 6.45) is 1.33. The maximum atomic E-state index is 14.6. The molecule has 53 heavy (non-hydrogen) atoms. The van der Waals surface area contributed by atoms with Crippen LogP contribution in [0.15, 0.2) is 24.8 Å². The minimum absolute atomic E-state index is 0.120. The Kier molecular flexibility index (Phi) is 12.8. The van der Waals surface area contributed by atoms with Gasteiger partial charge in [-0.3, -0.25) is 14.4 Å². The van der Waals surface area contributed by atoms with E-state index in [2.05, 4.69) is 15.0 Å². The van der Waals surface area contributed by atoms with Crippen LogP contribution in [0, 0.1) is 36.5 Å². The van der Waals surface area contributed by atoms with Crippen LogP contribution in [-0.2, 0) is 44.6 Å². The summed E-state index contributed by atoms with van der Waals surface area (Å²) in [5.41, 5.74) is -0.374. The van der Waals surface area contributed by atoms with Crippen molar-refractivity contribution < 1.29 is 48.3 Å². The number of ketones is 1. The molecule has 2 N–H and O–H groups in total. The number of aromatic nitrogens is 4. The minimum Gasteiger partial charge on any atom is -0.458 e. The molecule has 0 aliphatic carbocycles.